The SMILES string of the molecule is C[C@@H]1CCC[C@H](N2CCC(c3c(F)ccc(Cl)c3F)=CC2=O)c2cc(ccn2)-c2ccc(CC3O[C@H](CO)[C@@H](O)[C@@H](O)[C@H]3NC(=O)OC(C)(C)C)cc2NC1=O. The molecule has 0 radical (unpaired) electrons. The van der Waals surface area contributed by atoms with Gasteiger partial charge in [-0.15, -0.1) is 0 Å². The molecule has 5 N–H and O–H groups in total. The normalized spacial score (nSPS) is 25.9. The predicted octanol–water partition coefficient (Wildman–Crippen LogP) is 5.71. The lowest BCUT2D eigenvalue weighted by Crippen LogP contribution is -2.64. The number of pyridine rings is 1. The van der Waals surface area contributed by atoms with E-state index in [0.717, 1.165) is 12.1 Å². The molecule has 0 aliphatic carbocycles. The number of nitrogens with one attached hydrogen (secondary N) is 2. The van der Waals surface area contributed by atoms with Crippen molar-refractivity contribution < 1.29 is 48.0 Å². The third-order valence-electron chi connectivity index (χ3n) is 10.4. The summed E-state index contributed by atoms with van der Waals surface area (Å²) in [5.41, 5.74) is 2.19. The largest absolute Gasteiger partial charge is 0.444 e. The van der Waals surface area contributed by atoms with E-state index < -0.39 is 78.3 Å². The molecule has 3 aliphatic rings. The van der Waals surface area contributed by atoms with Crippen LogP contribution in [0.2, 0.25) is 5.02 Å². The molecule has 3 amide bonds. The zero-order chi connectivity index (χ0) is 40.5. The Kier molecular flexibility index (Phi) is 12.5. The number of hydrogen-bond donors (Lipinski definition) is 5. The topological polar surface area (TPSA) is 171 Å². The van der Waals surface area contributed by atoms with Gasteiger partial charge in [0.2, 0.25) is 11.8 Å². The van der Waals surface area contributed by atoms with Crippen LogP contribution >= 0.6 is 11.6 Å². The lowest BCUT2D eigenvalue weighted by Gasteiger charge is -2.43. The van der Waals surface area contributed by atoms with Gasteiger partial charge in [0.1, 0.15) is 29.7 Å². The van der Waals surface area contributed by atoms with Crippen molar-refractivity contribution in [3.63, 3.8) is 0 Å². The summed E-state index contributed by atoms with van der Waals surface area (Å²) in [6, 6.07) is 9.66. The Morgan fingerprint density at radius 3 is 2.57 bits per heavy atom. The highest BCUT2D eigenvalue weighted by Crippen LogP contribution is 2.38. The first-order chi connectivity index (χ1) is 26.5. The lowest BCUT2D eigenvalue weighted by molar-refractivity contribution is -0.193. The van der Waals surface area contributed by atoms with Gasteiger partial charge in [0, 0.05) is 42.4 Å². The molecule has 1 aromatic heterocycles. The van der Waals surface area contributed by atoms with Crippen molar-refractivity contribution >= 4 is 40.8 Å². The Morgan fingerprint density at radius 2 is 1.86 bits per heavy atom. The highest BCUT2D eigenvalue weighted by Gasteiger charge is 2.45. The zero-order valence-electron chi connectivity index (χ0n) is 31.6. The number of anilines is 1. The van der Waals surface area contributed by atoms with Crippen molar-refractivity contribution in [1.29, 1.82) is 0 Å². The van der Waals surface area contributed by atoms with Crippen LogP contribution in [0.25, 0.3) is 16.7 Å². The first-order valence-corrected chi connectivity index (χ1v) is 19.1. The maximum Gasteiger partial charge on any atom is 0.408 e. The van der Waals surface area contributed by atoms with Gasteiger partial charge in [-0.25, -0.2) is 13.6 Å². The number of carbonyl (C=O) groups is 3. The van der Waals surface area contributed by atoms with E-state index in [1.54, 1.807) is 44.0 Å². The average Bonchev–Trinajstić information content (AvgIpc) is 3.14. The first kappa shape index (κ1) is 41.2. The van der Waals surface area contributed by atoms with Crippen LogP contribution < -0.4 is 10.6 Å². The molecular weight excluding hydrogens is 750 g/mol. The number of carbonyl (C=O) groups excluding carboxylic acids is 3. The molecule has 3 aromatic rings. The van der Waals surface area contributed by atoms with E-state index >= 15 is 0 Å². The van der Waals surface area contributed by atoms with Crippen molar-refractivity contribution in [2.75, 3.05) is 18.5 Å². The van der Waals surface area contributed by atoms with Gasteiger partial charge in [0.05, 0.1) is 41.1 Å². The fraction of sp³-hybridized carbons (Fsp3) is 0.463. The van der Waals surface area contributed by atoms with Crippen molar-refractivity contribution in [2.45, 2.75) is 102 Å². The molecule has 6 rings (SSSR count). The maximum absolute atomic E-state index is 14.9. The van der Waals surface area contributed by atoms with Crippen LogP contribution in [0.1, 0.15) is 76.2 Å². The molecule has 12 nitrogen and oxygen atoms in total. The minimum absolute atomic E-state index is 0.110. The molecule has 2 bridgehead atoms. The second kappa shape index (κ2) is 16.9. The molecule has 3 aliphatic heterocycles. The number of aromatic nitrogens is 1. The second-order valence-corrected chi connectivity index (χ2v) is 16.0. The van der Waals surface area contributed by atoms with Crippen LogP contribution in [0, 0.1) is 17.6 Å². The maximum atomic E-state index is 14.9. The number of hydrogen-bond acceptors (Lipinski definition) is 9. The number of benzene rings is 2. The fourth-order valence-electron chi connectivity index (χ4n) is 7.54. The van der Waals surface area contributed by atoms with E-state index in [0.29, 0.717) is 47.3 Å². The molecule has 15 heteroatoms. The highest BCUT2D eigenvalue weighted by molar-refractivity contribution is 6.31. The number of aliphatic hydroxyl groups is 3. The molecule has 0 spiro atoms. The summed E-state index contributed by atoms with van der Waals surface area (Å²) in [4.78, 5) is 46.4. The Morgan fingerprint density at radius 1 is 1.09 bits per heavy atom. The lowest BCUT2D eigenvalue weighted by atomic mass is 9.88. The van der Waals surface area contributed by atoms with Crippen LogP contribution in [-0.4, -0.2) is 92.3 Å². The number of amides is 3. The summed E-state index contributed by atoms with van der Waals surface area (Å²) in [6.45, 7) is 6.50. The Bertz CT molecular complexity index is 2010. The van der Waals surface area contributed by atoms with Crippen LogP contribution in [0.4, 0.5) is 19.3 Å². The summed E-state index contributed by atoms with van der Waals surface area (Å²) in [5, 5.41) is 37.0. The van der Waals surface area contributed by atoms with Crippen molar-refractivity contribution in [3.05, 3.63) is 88.2 Å². The van der Waals surface area contributed by atoms with Gasteiger partial charge >= 0.3 is 6.09 Å². The summed E-state index contributed by atoms with van der Waals surface area (Å²) in [5.74, 6) is -2.78. The van der Waals surface area contributed by atoms with Crippen LogP contribution in [0.15, 0.2) is 54.7 Å². The number of halogens is 3. The summed E-state index contributed by atoms with van der Waals surface area (Å²) < 4.78 is 41.0. The molecule has 2 aromatic carbocycles. The van der Waals surface area contributed by atoms with Crippen molar-refractivity contribution in [2.24, 2.45) is 5.92 Å². The molecule has 4 heterocycles. The van der Waals surface area contributed by atoms with Gasteiger partial charge in [-0.3, -0.25) is 14.6 Å². The van der Waals surface area contributed by atoms with E-state index in [9.17, 15) is 38.5 Å². The molecule has 300 valence electrons. The van der Waals surface area contributed by atoms with Gasteiger partial charge in [-0.1, -0.05) is 37.1 Å². The van der Waals surface area contributed by atoms with Gasteiger partial charge in [-0.05, 0) is 87.1 Å². The zero-order valence-corrected chi connectivity index (χ0v) is 32.4. The Balaban J connectivity index is 1.32. The highest BCUT2D eigenvalue weighted by atomic mass is 35.5. The van der Waals surface area contributed by atoms with Crippen LogP contribution in [-0.2, 0) is 25.5 Å². The summed E-state index contributed by atoms with van der Waals surface area (Å²) in [6.07, 6.45) is -1.08. The van der Waals surface area contributed by atoms with E-state index in [1.807, 2.05) is 25.1 Å². The predicted molar refractivity (Wildman–Crippen MR) is 204 cm³/mol. The summed E-state index contributed by atoms with van der Waals surface area (Å²) in [7, 11) is 0. The minimum Gasteiger partial charge on any atom is -0.444 e. The van der Waals surface area contributed by atoms with Crippen LogP contribution in [0.5, 0.6) is 0 Å². The number of aliphatic hydroxyl groups excluding tert-OH is 3. The molecule has 56 heavy (non-hydrogen) atoms. The van der Waals surface area contributed by atoms with E-state index in [4.69, 9.17) is 21.1 Å². The monoisotopic (exact) mass is 796 g/mol. The summed E-state index contributed by atoms with van der Waals surface area (Å²) >= 11 is 5.94. The molecule has 1 unspecified atom stereocenters. The fourth-order valence-corrected chi connectivity index (χ4v) is 7.70. The smallest absolute Gasteiger partial charge is 0.408 e. The number of fused-ring (bicyclic) bond motifs is 4. The number of nitrogens with zero attached hydrogens (tertiary/aromatic N) is 2. The van der Waals surface area contributed by atoms with Gasteiger partial charge in [0.15, 0.2) is 5.82 Å². The van der Waals surface area contributed by atoms with E-state index in [1.165, 1.54) is 6.08 Å². The number of rotatable bonds is 6. The van der Waals surface area contributed by atoms with Crippen molar-refractivity contribution in [3.8, 4) is 11.1 Å². The van der Waals surface area contributed by atoms with Gasteiger partial charge in [0.25, 0.3) is 0 Å². The van der Waals surface area contributed by atoms with Crippen LogP contribution in [0.3, 0.4) is 0 Å². The molecule has 0 saturated carbocycles. The number of alkyl carbamates (subject to hydrolysis) is 1. The minimum atomic E-state index is -1.49. The molecule has 1 fully saturated rings. The first-order valence-electron chi connectivity index (χ1n) is 18.7. The van der Waals surface area contributed by atoms with E-state index in [2.05, 4.69) is 15.6 Å². The third kappa shape index (κ3) is 9.05. The second-order valence-electron chi connectivity index (χ2n) is 15.6. The van der Waals surface area contributed by atoms with Gasteiger partial charge in [-0.2, -0.15) is 0 Å². The third-order valence-corrected chi connectivity index (χ3v) is 10.7. The standard InChI is InChI=1S/C41H47ClF2N4O8/c1-21-6-5-7-30(48-15-13-24(19-33(48)50)34-27(43)11-10-26(42)35(34)44)29-18-23(12-14-45-29)25-9-8-22(16-28(25)46-39(21)53)17-31-36(47-40(54)56-41(2,3)4)38(52)37(51)32(20-49)55-31/h8-12,14,16,18-19,21,30-32,36-38,49,51-52H,5-7,13,15,17,20H2,1-4H3,(H,46,53)(H,47,54)/t21-,30+,31?,32-,36+,37-,38+/m1/s1. The Hall–Kier alpha value is -4.47. The quantitative estimate of drug-likeness (QED) is 0.196. The number of ether oxygens (including phenoxy) is 2. The Labute approximate surface area is 328 Å². The molecular formula is C41H47ClF2N4O8. The molecule has 7 atom stereocenters. The van der Waals surface area contributed by atoms with E-state index in [-0.39, 0.29) is 41.5 Å². The van der Waals surface area contributed by atoms with Crippen molar-refractivity contribution in [1.82, 2.24) is 15.2 Å². The van der Waals surface area contributed by atoms with Gasteiger partial charge < -0.3 is 40.3 Å². The average molecular weight is 797 g/mol. The molecule has 1 saturated heterocycles.